The van der Waals surface area contributed by atoms with Crippen LogP contribution < -0.4 is 5.14 Å². The first kappa shape index (κ1) is 13.7. The molecular weight excluding hydrogens is 268 g/mol. The van der Waals surface area contributed by atoms with Crippen LogP contribution in [-0.2, 0) is 20.5 Å². The topological polar surface area (TPSA) is 116 Å². The first-order valence-corrected chi connectivity index (χ1v) is 6.87. The fourth-order valence-electron chi connectivity index (χ4n) is 1.07. The molecule has 1 heterocycles. The van der Waals surface area contributed by atoms with Gasteiger partial charge in [0.2, 0.25) is 10.0 Å². The molecule has 0 saturated carbocycles. The van der Waals surface area contributed by atoms with Crippen molar-refractivity contribution >= 4 is 33.1 Å². The number of nitrogens with two attached hydrogens (primary N) is 1. The van der Waals surface area contributed by atoms with Gasteiger partial charge >= 0.3 is 5.97 Å². The van der Waals surface area contributed by atoms with Crippen molar-refractivity contribution in [1.29, 1.82) is 0 Å². The van der Waals surface area contributed by atoms with E-state index in [1.165, 1.54) is 6.92 Å². The molecule has 0 unspecified atom stereocenters. The number of esters is 1. The van der Waals surface area contributed by atoms with E-state index in [2.05, 4.69) is 9.72 Å². The number of primary sulfonamides is 1. The van der Waals surface area contributed by atoms with Crippen molar-refractivity contribution in [3.05, 3.63) is 15.6 Å². The number of hydrogen-bond donors (Lipinski definition) is 1. The summed E-state index contributed by atoms with van der Waals surface area (Å²) in [5, 5.41) is 4.93. The van der Waals surface area contributed by atoms with Crippen LogP contribution in [0.4, 0.5) is 0 Å². The highest BCUT2D eigenvalue weighted by Crippen LogP contribution is 2.21. The van der Waals surface area contributed by atoms with Gasteiger partial charge in [-0.05, 0) is 0 Å². The number of carbonyl (C=O) groups is 2. The Kier molecular flexibility index (Phi) is 3.96. The summed E-state index contributed by atoms with van der Waals surface area (Å²) in [5.74, 6) is -1.69. The van der Waals surface area contributed by atoms with Crippen LogP contribution in [0, 0.1) is 0 Å². The highest BCUT2D eigenvalue weighted by molar-refractivity contribution is 7.88. The number of rotatable bonds is 4. The molecule has 0 fully saturated rings. The van der Waals surface area contributed by atoms with Gasteiger partial charge in [-0.2, -0.15) is 0 Å². The van der Waals surface area contributed by atoms with E-state index < -0.39 is 21.7 Å². The zero-order chi connectivity index (χ0) is 13.2. The third-order valence-corrected chi connectivity index (χ3v) is 3.71. The molecule has 0 aliphatic rings. The molecule has 1 rings (SSSR count). The van der Waals surface area contributed by atoms with E-state index in [-0.39, 0.29) is 21.4 Å². The van der Waals surface area contributed by atoms with Gasteiger partial charge in [-0.1, -0.05) is 0 Å². The number of sulfonamides is 1. The molecule has 0 radical (unpaired) electrons. The Hall–Kier alpha value is -1.32. The lowest BCUT2D eigenvalue weighted by atomic mass is 10.3. The summed E-state index contributed by atoms with van der Waals surface area (Å²) in [5.41, 5.74) is -0.177. The maximum absolute atomic E-state index is 11.3. The van der Waals surface area contributed by atoms with Crippen molar-refractivity contribution in [2.75, 3.05) is 7.11 Å². The number of aromatic nitrogens is 1. The van der Waals surface area contributed by atoms with E-state index in [4.69, 9.17) is 5.14 Å². The average Bonchev–Trinajstić information content (AvgIpc) is 2.57. The number of carbonyl (C=O) groups excluding carboxylic acids is 2. The number of ether oxygens (including phenoxy) is 1. The summed E-state index contributed by atoms with van der Waals surface area (Å²) < 4.78 is 26.2. The molecule has 0 aromatic carbocycles. The fraction of sp³-hybridized carbons (Fsp3) is 0.375. The lowest BCUT2D eigenvalue weighted by Gasteiger charge is -1.95. The maximum Gasteiger partial charge on any atom is 0.358 e. The second-order valence-corrected chi connectivity index (χ2v) is 5.84. The smallest absolute Gasteiger partial charge is 0.358 e. The minimum atomic E-state index is -3.75. The predicted molar refractivity (Wildman–Crippen MR) is 60.3 cm³/mol. The molecule has 0 atom stereocenters. The van der Waals surface area contributed by atoms with Crippen molar-refractivity contribution in [3.8, 4) is 0 Å². The van der Waals surface area contributed by atoms with Crippen molar-refractivity contribution in [1.82, 2.24) is 4.98 Å². The number of Topliss-reactive ketones (excluding diaryl/α,β-unsaturated/α-hetero) is 1. The highest BCUT2D eigenvalue weighted by Gasteiger charge is 2.23. The summed E-state index contributed by atoms with van der Waals surface area (Å²) in [4.78, 5) is 26.4. The summed E-state index contributed by atoms with van der Waals surface area (Å²) >= 11 is 0.818. The zero-order valence-corrected chi connectivity index (χ0v) is 10.7. The summed E-state index contributed by atoms with van der Waals surface area (Å²) in [7, 11) is -2.61. The minimum Gasteiger partial charge on any atom is -0.464 e. The normalized spacial score (nSPS) is 11.2. The van der Waals surface area contributed by atoms with E-state index in [9.17, 15) is 18.0 Å². The maximum atomic E-state index is 11.3. The van der Waals surface area contributed by atoms with E-state index in [1.807, 2.05) is 0 Å². The molecule has 1 aromatic rings. The van der Waals surface area contributed by atoms with Gasteiger partial charge in [0.15, 0.2) is 11.5 Å². The molecule has 1 aromatic heterocycles. The van der Waals surface area contributed by atoms with Crippen molar-refractivity contribution in [2.24, 2.45) is 5.14 Å². The summed E-state index contributed by atoms with van der Waals surface area (Å²) in [6.07, 6.45) is 0. The van der Waals surface area contributed by atoms with Gasteiger partial charge < -0.3 is 4.74 Å². The average molecular weight is 278 g/mol. The highest BCUT2D eigenvalue weighted by atomic mass is 32.2. The monoisotopic (exact) mass is 278 g/mol. The van der Waals surface area contributed by atoms with Crippen LogP contribution in [0.1, 0.15) is 32.1 Å². The quantitative estimate of drug-likeness (QED) is 0.608. The SMILES string of the molecule is COC(=O)c1nc(CS(N)(=O)=O)sc1C(C)=O. The standard InChI is InChI=1S/C8H10N2O5S2/c1-4(11)7-6(8(12)15-2)10-5(16-7)3-17(9,13)14/h3H2,1-2H3,(H2,9,13,14). The van der Waals surface area contributed by atoms with E-state index in [0.29, 0.717) is 0 Å². The zero-order valence-electron chi connectivity index (χ0n) is 9.09. The van der Waals surface area contributed by atoms with Crippen LogP contribution in [0.15, 0.2) is 0 Å². The fourth-order valence-corrected chi connectivity index (χ4v) is 2.95. The first-order chi connectivity index (χ1) is 7.74. The number of methoxy groups -OCH3 is 1. The molecule has 7 nitrogen and oxygen atoms in total. The third kappa shape index (κ3) is 3.58. The Balaban J connectivity index is 3.22. The lowest BCUT2D eigenvalue weighted by Crippen LogP contribution is -2.14. The molecule has 0 amide bonds. The molecule has 2 N–H and O–H groups in total. The van der Waals surface area contributed by atoms with Gasteiger partial charge in [0.1, 0.15) is 15.6 Å². The molecule has 0 bridgehead atoms. The Labute approximate surface area is 102 Å². The van der Waals surface area contributed by atoms with Gasteiger partial charge in [-0.25, -0.2) is 23.3 Å². The van der Waals surface area contributed by atoms with Crippen LogP contribution in [0.25, 0.3) is 0 Å². The van der Waals surface area contributed by atoms with E-state index in [0.717, 1.165) is 18.4 Å². The molecule has 94 valence electrons. The predicted octanol–water partition coefficient (Wildman–Crippen LogP) is -0.0792. The lowest BCUT2D eigenvalue weighted by molar-refractivity contribution is 0.0591. The summed E-state index contributed by atoms with van der Waals surface area (Å²) in [6.45, 7) is 1.25. The van der Waals surface area contributed by atoms with Crippen LogP contribution in [0.5, 0.6) is 0 Å². The second-order valence-electron chi connectivity index (χ2n) is 3.14. The molecule has 17 heavy (non-hydrogen) atoms. The van der Waals surface area contributed by atoms with Crippen molar-refractivity contribution in [2.45, 2.75) is 12.7 Å². The number of thiazole rings is 1. The second kappa shape index (κ2) is 4.90. The summed E-state index contributed by atoms with van der Waals surface area (Å²) in [6, 6.07) is 0. The molecule has 9 heteroatoms. The van der Waals surface area contributed by atoms with Gasteiger partial charge in [-0.3, -0.25) is 4.79 Å². The molecular formula is C8H10N2O5S2. The third-order valence-electron chi connectivity index (χ3n) is 1.69. The molecule has 0 aliphatic carbocycles. The van der Waals surface area contributed by atoms with E-state index in [1.54, 1.807) is 0 Å². The van der Waals surface area contributed by atoms with Crippen molar-refractivity contribution in [3.63, 3.8) is 0 Å². The number of ketones is 1. The van der Waals surface area contributed by atoms with E-state index >= 15 is 0 Å². The Bertz CT molecular complexity index is 560. The molecule has 0 saturated heterocycles. The van der Waals surface area contributed by atoms with Crippen LogP contribution in [-0.4, -0.2) is 32.3 Å². The molecule has 0 aliphatic heterocycles. The Morgan fingerprint density at radius 3 is 2.47 bits per heavy atom. The van der Waals surface area contributed by atoms with Crippen LogP contribution >= 0.6 is 11.3 Å². The van der Waals surface area contributed by atoms with Gasteiger partial charge in [0.25, 0.3) is 0 Å². The van der Waals surface area contributed by atoms with Gasteiger partial charge in [0, 0.05) is 6.92 Å². The van der Waals surface area contributed by atoms with Gasteiger partial charge in [-0.15, -0.1) is 11.3 Å². The minimum absolute atomic E-state index is 0.0653. The number of hydrogen-bond acceptors (Lipinski definition) is 7. The largest absolute Gasteiger partial charge is 0.464 e. The number of nitrogens with zero attached hydrogens (tertiary/aromatic N) is 1. The molecule has 0 spiro atoms. The van der Waals surface area contributed by atoms with Gasteiger partial charge in [0.05, 0.1) is 7.11 Å². The Morgan fingerprint density at radius 1 is 1.47 bits per heavy atom. The van der Waals surface area contributed by atoms with Crippen molar-refractivity contribution < 1.29 is 22.7 Å². The first-order valence-electron chi connectivity index (χ1n) is 4.34. The van der Waals surface area contributed by atoms with Crippen LogP contribution in [0.3, 0.4) is 0 Å². The Morgan fingerprint density at radius 2 is 2.06 bits per heavy atom. The van der Waals surface area contributed by atoms with Crippen LogP contribution in [0.2, 0.25) is 0 Å².